The van der Waals surface area contributed by atoms with Crippen molar-refractivity contribution < 1.29 is 21.6 Å². The summed E-state index contributed by atoms with van der Waals surface area (Å²) in [7, 11) is -3.15. The van der Waals surface area contributed by atoms with Crippen LogP contribution in [0.15, 0.2) is 11.2 Å². The van der Waals surface area contributed by atoms with E-state index in [0.29, 0.717) is 0 Å². The highest BCUT2D eigenvalue weighted by Crippen LogP contribution is 2.26. The Labute approximate surface area is 117 Å². The molecule has 0 aliphatic carbocycles. The number of hydrogen-bond donors (Lipinski definition) is 0. The molecule has 0 atom stereocenters. The summed E-state index contributed by atoms with van der Waals surface area (Å²) in [5.74, 6) is -0.273. The van der Waals surface area contributed by atoms with E-state index in [2.05, 4.69) is 5.10 Å². The van der Waals surface area contributed by atoms with E-state index < -0.39 is 34.3 Å². The fourth-order valence-electron chi connectivity index (χ4n) is 1.39. The summed E-state index contributed by atoms with van der Waals surface area (Å²) < 4.78 is 62.6. The lowest BCUT2D eigenvalue weighted by Gasteiger charge is -2.22. The van der Waals surface area contributed by atoms with Crippen molar-refractivity contribution in [3.63, 3.8) is 0 Å². The van der Waals surface area contributed by atoms with E-state index in [1.165, 1.54) is 7.05 Å². The van der Waals surface area contributed by atoms with Crippen molar-refractivity contribution in [3.8, 4) is 0 Å². The molecule has 1 heterocycles. The van der Waals surface area contributed by atoms with Crippen LogP contribution in [0.4, 0.5) is 13.2 Å². The molecule has 1 aromatic rings. The standard InChI is InChI=1S/C8H10Cl2F3N3O2S/c1-15-7(6(10)4-14-15)19(17,18)16(3-2-9)5-8(11,12)13/h4H,2-3,5H2,1H3. The third kappa shape index (κ3) is 3.98. The monoisotopic (exact) mass is 339 g/mol. The van der Waals surface area contributed by atoms with Crippen LogP contribution in [0.1, 0.15) is 0 Å². The van der Waals surface area contributed by atoms with Gasteiger partial charge in [-0.05, 0) is 0 Å². The predicted molar refractivity (Wildman–Crippen MR) is 63.8 cm³/mol. The van der Waals surface area contributed by atoms with E-state index in [1.54, 1.807) is 0 Å². The summed E-state index contributed by atoms with van der Waals surface area (Å²) in [5.41, 5.74) is 0. The average molecular weight is 340 g/mol. The zero-order chi connectivity index (χ0) is 14.8. The lowest BCUT2D eigenvalue weighted by atomic mass is 10.6. The van der Waals surface area contributed by atoms with Gasteiger partial charge in [-0.2, -0.15) is 22.6 Å². The van der Waals surface area contributed by atoms with E-state index in [-0.39, 0.29) is 15.2 Å². The molecule has 0 aliphatic rings. The van der Waals surface area contributed by atoms with Gasteiger partial charge >= 0.3 is 6.18 Å². The fourth-order valence-corrected chi connectivity index (χ4v) is 3.73. The molecule has 0 unspecified atom stereocenters. The maximum atomic E-state index is 12.4. The summed E-state index contributed by atoms with van der Waals surface area (Å²) >= 11 is 11.0. The number of aromatic nitrogens is 2. The van der Waals surface area contributed by atoms with Gasteiger partial charge in [0.05, 0.1) is 11.2 Å². The minimum Gasteiger partial charge on any atom is -0.255 e. The Morgan fingerprint density at radius 3 is 2.42 bits per heavy atom. The molecular formula is C8H10Cl2F3N3O2S. The molecule has 5 nitrogen and oxygen atoms in total. The second-order valence-corrected chi connectivity index (χ2v) is 6.20. The number of hydrogen-bond acceptors (Lipinski definition) is 3. The van der Waals surface area contributed by atoms with Crippen LogP contribution in [-0.2, 0) is 17.1 Å². The summed E-state index contributed by atoms with van der Waals surface area (Å²) in [4.78, 5) is 0. The Morgan fingerprint density at radius 2 is 2.05 bits per heavy atom. The first kappa shape index (κ1) is 16.5. The highest BCUT2D eigenvalue weighted by Gasteiger charge is 2.38. The van der Waals surface area contributed by atoms with Gasteiger partial charge in [-0.25, -0.2) is 8.42 Å². The predicted octanol–water partition coefficient (Wildman–Crippen LogP) is 1.87. The van der Waals surface area contributed by atoms with Crippen LogP contribution >= 0.6 is 23.2 Å². The van der Waals surface area contributed by atoms with Crippen LogP contribution in [0.2, 0.25) is 5.02 Å². The third-order valence-electron chi connectivity index (χ3n) is 2.12. The number of alkyl halides is 4. The maximum Gasteiger partial charge on any atom is 0.402 e. The normalized spacial score (nSPS) is 13.2. The largest absolute Gasteiger partial charge is 0.402 e. The molecule has 1 rings (SSSR count). The minimum absolute atomic E-state index is 0.225. The molecule has 0 amide bonds. The van der Waals surface area contributed by atoms with E-state index in [1.807, 2.05) is 0 Å². The molecule has 0 saturated heterocycles. The first-order chi connectivity index (χ1) is 8.59. The van der Waals surface area contributed by atoms with Crippen molar-refractivity contribution in [3.05, 3.63) is 11.2 Å². The molecule has 0 saturated carbocycles. The van der Waals surface area contributed by atoms with Crippen LogP contribution in [0.3, 0.4) is 0 Å². The van der Waals surface area contributed by atoms with Gasteiger partial charge in [-0.15, -0.1) is 11.6 Å². The zero-order valence-corrected chi connectivity index (χ0v) is 12.0. The van der Waals surface area contributed by atoms with E-state index in [0.717, 1.165) is 10.9 Å². The van der Waals surface area contributed by atoms with Crippen LogP contribution in [0, 0.1) is 0 Å². The summed E-state index contributed by atoms with van der Waals surface area (Å²) in [6, 6.07) is 0. The van der Waals surface area contributed by atoms with E-state index in [9.17, 15) is 21.6 Å². The minimum atomic E-state index is -4.68. The number of aryl methyl sites for hydroxylation is 1. The Balaban J connectivity index is 3.21. The molecule has 0 N–H and O–H groups in total. The van der Waals surface area contributed by atoms with E-state index in [4.69, 9.17) is 23.2 Å². The Kier molecular flexibility index (Phi) is 5.10. The van der Waals surface area contributed by atoms with Gasteiger partial charge < -0.3 is 0 Å². The summed E-state index contributed by atoms with van der Waals surface area (Å²) in [5, 5.41) is 2.84. The Hall–Kier alpha value is -0.510. The van der Waals surface area contributed by atoms with Gasteiger partial charge in [0.1, 0.15) is 6.54 Å². The quantitative estimate of drug-likeness (QED) is 0.769. The Bertz CT molecular complexity index is 524. The maximum absolute atomic E-state index is 12.4. The molecular weight excluding hydrogens is 330 g/mol. The van der Waals surface area contributed by atoms with Gasteiger partial charge in [0.25, 0.3) is 10.0 Å². The highest BCUT2D eigenvalue weighted by atomic mass is 35.5. The van der Waals surface area contributed by atoms with Crippen LogP contribution in [-0.4, -0.2) is 47.6 Å². The SMILES string of the molecule is Cn1ncc(Cl)c1S(=O)(=O)N(CCCl)CC(F)(F)F. The topological polar surface area (TPSA) is 55.2 Å². The molecule has 0 aliphatic heterocycles. The van der Waals surface area contributed by atoms with Crippen LogP contribution in [0.5, 0.6) is 0 Å². The molecule has 0 radical (unpaired) electrons. The molecule has 110 valence electrons. The van der Waals surface area contributed by atoms with Crippen molar-refractivity contribution in [1.29, 1.82) is 0 Å². The number of nitrogens with zero attached hydrogens (tertiary/aromatic N) is 3. The van der Waals surface area contributed by atoms with Gasteiger partial charge in [-0.1, -0.05) is 11.6 Å². The van der Waals surface area contributed by atoms with Gasteiger partial charge in [0.2, 0.25) is 0 Å². The number of halogens is 5. The number of sulfonamides is 1. The smallest absolute Gasteiger partial charge is 0.255 e. The van der Waals surface area contributed by atoms with Crippen molar-refractivity contribution in [2.45, 2.75) is 11.2 Å². The van der Waals surface area contributed by atoms with Gasteiger partial charge in [0, 0.05) is 19.5 Å². The summed E-state index contributed by atoms with van der Waals surface area (Å²) in [6.07, 6.45) is -3.63. The zero-order valence-electron chi connectivity index (χ0n) is 9.65. The fraction of sp³-hybridized carbons (Fsp3) is 0.625. The van der Waals surface area contributed by atoms with Crippen molar-refractivity contribution in [2.24, 2.45) is 7.05 Å². The lowest BCUT2D eigenvalue weighted by Crippen LogP contribution is -2.40. The summed E-state index contributed by atoms with van der Waals surface area (Å²) in [6.45, 7) is -2.12. The molecule has 11 heteroatoms. The van der Waals surface area contributed by atoms with Crippen LogP contribution < -0.4 is 0 Å². The molecule has 19 heavy (non-hydrogen) atoms. The van der Waals surface area contributed by atoms with Crippen molar-refractivity contribution >= 4 is 33.2 Å². The Morgan fingerprint density at radius 1 is 1.47 bits per heavy atom. The molecule has 0 spiro atoms. The molecule has 1 aromatic heterocycles. The highest BCUT2D eigenvalue weighted by molar-refractivity contribution is 7.89. The van der Waals surface area contributed by atoms with Crippen molar-refractivity contribution in [1.82, 2.24) is 14.1 Å². The second-order valence-electron chi connectivity index (χ2n) is 3.56. The van der Waals surface area contributed by atoms with Crippen LogP contribution in [0.25, 0.3) is 0 Å². The van der Waals surface area contributed by atoms with E-state index >= 15 is 0 Å². The van der Waals surface area contributed by atoms with Gasteiger partial charge in [0.15, 0.2) is 5.03 Å². The molecule has 0 bridgehead atoms. The van der Waals surface area contributed by atoms with Gasteiger partial charge in [-0.3, -0.25) is 4.68 Å². The molecule has 0 fully saturated rings. The third-order valence-corrected chi connectivity index (χ3v) is 4.64. The molecule has 0 aromatic carbocycles. The first-order valence-electron chi connectivity index (χ1n) is 4.90. The average Bonchev–Trinajstić information content (AvgIpc) is 2.56. The lowest BCUT2D eigenvalue weighted by molar-refractivity contribution is -0.135. The first-order valence-corrected chi connectivity index (χ1v) is 7.25. The number of rotatable bonds is 5. The second kappa shape index (κ2) is 5.86. The van der Waals surface area contributed by atoms with Crippen molar-refractivity contribution in [2.75, 3.05) is 19.0 Å².